The lowest BCUT2D eigenvalue weighted by molar-refractivity contribution is 0.0901. The van der Waals surface area contributed by atoms with E-state index in [1.165, 1.54) is 64.1 Å². The van der Waals surface area contributed by atoms with Gasteiger partial charge in [-0.3, -0.25) is 4.90 Å². The van der Waals surface area contributed by atoms with Crippen molar-refractivity contribution in [1.82, 2.24) is 9.80 Å². The highest BCUT2D eigenvalue weighted by molar-refractivity contribution is 5.49. The van der Waals surface area contributed by atoms with Gasteiger partial charge in [0.2, 0.25) is 0 Å². The third kappa shape index (κ3) is 3.86. The number of hydrogen-bond donors (Lipinski definition) is 0. The van der Waals surface area contributed by atoms with Crippen molar-refractivity contribution >= 4 is 5.69 Å². The van der Waals surface area contributed by atoms with E-state index < -0.39 is 0 Å². The summed E-state index contributed by atoms with van der Waals surface area (Å²) in [4.78, 5) is 8.00. The summed E-state index contributed by atoms with van der Waals surface area (Å²) in [5, 5.41) is 0. The fourth-order valence-electron chi connectivity index (χ4n) is 4.30. The molecule has 1 atom stereocenters. The van der Waals surface area contributed by atoms with Crippen molar-refractivity contribution in [1.29, 1.82) is 0 Å². The second-order valence-electron chi connectivity index (χ2n) is 7.72. The molecule has 0 radical (unpaired) electrons. The zero-order valence-corrected chi connectivity index (χ0v) is 15.0. The van der Waals surface area contributed by atoms with E-state index in [1.54, 1.807) is 7.11 Å². The van der Waals surface area contributed by atoms with Crippen LogP contribution in [-0.4, -0.2) is 68.8 Å². The van der Waals surface area contributed by atoms with E-state index in [0.717, 1.165) is 30.8 Å². The lowest BCUT2D eigenvalue weighted by Crippen LogP contribution is -2.55. The van der Waals surface area contributed by atoms with Gasteiger partial charge >= 0.3 is 0 Å². The van der Waals surface area contributed by atoms with Crippen molar-refractivity contribution in [2.45, 2.75) is 31.7 Å². The summed E-state index contributed by atoms with van der Waals surface area (Å²) in [7, 11) is 1.73. The predicted octanol–water partition coefficient (Wildman–Crippen LogP) is 2.69. The van der Waals surface area contributed by atoms with Crippen molar-refractivity contribution in [3.8, 4) is 5.75 Å². The average Bonchev–Trinajstić information content (AvgIpc) is 3.46. The molecule has 1 aromatic carbocycles. The van der Waals surface area contributed by atoms with Crippen LogP contribution in [0.25, 0.3) is 0 Å². The predicted molar refractivity (Wildman–Crippen MR) is 99.0 cm³/mol. The number of benzene rings is 1. The lowest BCUT2D eigenvalue weighted by Gasteiger charge is -2.44. The Morgan fingerprint density at radius 1 is 0.958 bits per heavy atom. The molecule has 3 fully saturated rings. The zero-order chi connectivity index (χ0) is 16.4. The Hall–Kier alpha value is -1.26. The van der Waals surface area contributed by atoms with E-state index >= 15 is 0 Å². The quantitative estimate of drug-likeness (QED) is 0.827. The van der Waals surface area contributed by atoms with Gasteiger partial charge in [0.25, 0.3) is 0 Å². The highest BCUT2D eigenvalue weighted by Gasteiger charge is 2.31. The minimum atomic E-state index is 0.788. The molecule has 0 bridgehead atoms. The van der Waals surface area contributed by atoms with E-state index in [0.29, 0.717) is 0 Å². The Kier molecular flexibility index (Phi) is 4.95. The van der Waals surface area contributed by atoms with Crippen molar-refractivity contribution < 1.29 is 4.74 Å². The third-order valence-electron chi connectivity index (χ3n) is 5.96. The molecule has 2 saturated heterocycles. The first-order valence-electron chi connectivity index (χ1n) is 9.67. The summed E-state index contributed by atoms with van der Waals surface area (Å²) in [6.07, 6.45) is 5.73. The van der Waals surface area contributed by atoms with Crippen molar-refractivity contribution in [2.24, 2.45) is 5.92 Å². The zero-order valence-electron chi connectivity index (χ0n) is 15.0. The molecule has 4 rings (SSSR count). The highest BCUT2D eigenvalue weighted by Crippen LogP contribution is 2.31. The van der Waals surface area contributed by atoms with Gasteiger partial charge in [0.05, 0.1) is 7.11 Å². The summed E-state index contributed by atoms with van der Waals surface area (Å²) in [5.41, 5.74) is 1.33. The smallest absolute Gasteiger partial charge is 0.119 e. The molecule has 0 aromatic heterocycles. The van der Waals surface area contributed by atoms with Crippen LogP contribution in [0.15, 0.2) is 24.3 Å². The second-order valence-corrected chi connectivity index (χ2v) is 7.72. The Labute approximate surface area is 146 Å². The molecule has 132 valence electrons. The summed E-state index contributed by atoms with van der Waals surface area (Å²) in [6.45, 7) is 8.69. The van der Waals surface area contributed by atoms with E-state index in [9.17, 15) is 0 Å². The lowest BCUT2D eigenvalue weighted by atomic mass is 10.0. The minimum absolute atomic E-state index is 0.788. The number of piperidine rings is 1. The first-order valence-corrected chi connectivity index (χ1v) is 9.67. The van der Waals surface area contributed by atoms with Gasteiger partial charge in [-0.15, -0.1) is 0 Å². The first-order chi connectivity index (χ1) is 11.8. The van der Waals surface area contributed by atoms with Crippen molar-refractivity contribution in [3.63, 3.8) is 0 Å². The van der Waals surface area contributed by atoms with Gasteiger partial charge in [0, 0.05) is 51.0 Å². The number of methoxy groups -OCH3 is 1. The van der Waals surface area contributed by atoms with Crippen LogP contribution in [0.3, 0.4) is 0 Å². The molecule has 24 heavy (non-hydrogen) atoms. The Morgan fingerprint density at radius 3 is 2.38 bits per heavy atom. The fourth-order valence-corrected chi connectivity index (χ4v) is 4.30. The van der Waals surface area contributed by atoms with Crippen molar-refractivity contribution in [2.75, 3.05) is 57.8 Å². The number of piperazine rings is 1. The minimum Gasteiger partial charge on any atom is -0.497 e. The van der Waals surface area contributed by atoms with E-state index in [1.807, 2.05) is 0 Å². The van der Waals surface area contributed by atoms with Crippen molar-refractivity contribution in [3.05, 3.63) is 24.3 Å². The normalized spacial score (nSPS) is 26.5. The Morgan fingerprint density at radius 2 is 1.71 bits per heavy atom. The molecule has 0 amide bonds. The molecule has 1 saturated carbocycles. The number of anilines is 1. The number of ether oxygens (including phenoxy) is 1. The van der Waals surface area contributed by atoms with E-state index in [4.69, 9.17) is 4.74 Å². The standard InChI is InChI=1S/C20H31N3O/c1-24-20-8-6-18(7-9-20)22-11-13-23(14-12-22)19-3-2-10-21(16-19)15-17-4-5-17/h6-9,17,19H,2-5,10-16H2,1H3/t19-/m1/s1. The molecular formula is C20H31N3O. The van der Waals surface area contributed by atoms with Crippen LogP contribution in [0.2, 0.25) is 0 Å². The molecule has 2 aliphatic heterocycles. The Balaban J connectivity index is 1.28. The molecule has 4 heteroatoms. The topological polar surface area (TPSA) is 19.0 Å². The van der Waals surface area contributed by atoms with Gasteiger partial charge in [-0.05, 0) is 62.4 Å². The van der Waals surface area contributed by atoms with Crippen LogP contribution in [0, 0.1) is 5.92 Å². The molecule has 0 spiro atoms. The second kappa shape index (κ2) is 7.32. The SMILES string of the molecule is COc1ccc(N2CCN([C@@H]3CCCN(CC4CC4)C3)CC2)cc1. The third-order valence-corrected chi connectivity index (χ3v) is 5.96. The van der Waals surface area contributed by atoms with Crippen LogP contribution in [0.4, 0.5) is 5.69 Å². The summed E-state index contributed by atoms with van der Waals surface area (Å²) < 4.78 is 5.26. The monoisotopic (exact) mass is 329 g/mol. The highest BCUT2D eigenvalue weighted by atomic mass is 16.5. The van der Waals surface area contributed by atoms with Gasteiger partial charge in [0.1, 0.15) is 5.75 Å². The molecule has 0 unspecified atom stereocenters. The molecule has 3 aliphatic rings. The molecule has 1 aromatic rings. The fraction of sp³-hybridized carbons (Fsp3) is 0.700. The molecule has 4 nitrogen and oxygen atoms in total. The summed E-state index contributed by atoms with van der Waals surface area (Å²) >= 11 is 0. The Bertz CT molecular complexity index is 520. The van der Waals surface area contributed by atoms with Gasteiger partial charge in [-0.1, -0.05) is 0 Å². The van der Waals surface area contributed by atoms with Crippen LogP contribution >= 0.6 is 0 Å². The van der Waals surface area contributed by atoms with Crippen LogP contribution in [0.5, 0.6) is 5.75 Å². The molecule has 1 aliphatic carbocycles. The van der Waals surface area contributed by atoms with E-state index in [2.05, 4.69) is 39.0 Å². The molecule has 0 N–H and O–H groups in total. The van der Waals surface area contributed by atoms with Gasteiger partial charge in [-0.25, -0.2) is 0 Å². The maximum atomic E-state index is 5.26. The average molecular weight is 329 g/mol. The first kappa shape index (κ1) is 16.2. The maximum absolute atomic E-state index is 5.26. The van der Waals surface area contributed by atoms with Crippen LogP contribution in [0.1, 0.15) is 25.7 Å². The van der Waals surface area contributed by atoms with Gasteiger partial charge in [0.15, 0.2) is 0 Å². The number of nitrogens with zero attached hydrogens (tertiary/aromatic N) is 3. The molecular weight excluding hydrogens is 298 g/mol. The van der Waals surface area contributed by atoms with Gasteiger partial charge < -0.3 is 14.5 Å². The number of rotatable bonds is 5. The maximum Gasteiger partial charge on any atom is 0.119 e. The number of likely N-dealkylation sites (tertiary alicyclic amines) is 1. The summed E-state index contributed by atoms with van der Waals surface area (Å²) in [6, 6.07) is 9.30. The van der Waals surface area contributed by atoms with Gasteiger partial charge in [-0.2, -0.15) is 0 Å². The van der Waals surface area contributed by atoms with Crippen LogP contribution in [-0.2, 0) is 0 Å². The number of hydrogen-bond acceptors (Lipinski definition) is 4. The van der Waals surface area contributed by atoms with E-state index in [-0.39, 0.29) is 0 Å². The van der Waals surface area contributed by atoms with Crippen LogP contribution < -0.4 is 9.64 Å². The molecule has 2 heterocycles. The largest absolute Gasteiger partial charge is 0.497 e. The summed E-state index contributed by atoms with van der Waals surface area (Å²) in [5.74, 6) is 1.96.